The van der Waals surface area contributed by atoms with E-state index in [0.717, 1.165) is 12.0 Å². The molecule has 0 spiro atoms. The Morgan fingerprint density at radius 2 is 1.59 bits per heavy atom. The maximum atomic E-state index is 12.0. The third-order valence-electron chi connectivity index (χ3n) is 3.91. The predicted octanol–water partition coefficient (Wildman–Crippen LogP) is 4.23. The summed E-state index contributed by atoms with van der Waals surface area (Å²) in [7, 11) is 0. The lowest BCUT2D eigenvalue weighted by molar-refractivity contribution is -0.384. The number of nitrogens with zero attached hydrogens (tertiary/aromatic N) is 2. The molecule has 3 aromatic rings. The van der Waals surface area contributed by atoms with Crippen LogP contribution in [0, 0.1) is 10.1 Å². The molecule has 0 bridgehead atoms. The number of nitro groups is 1. The average molecular weight is 359 g/mol. The van der Waals surface area contributed by atoms with Gasteiger partial charge in [0.15, 0.2) is 0 Å². The molecule has 27 heavy (non-hydrogen) atoms. The Kier molecular flexibility index (Phi) is 5.69. The number of nitrogens with one attached hydrogen (secondary N) is 1. The number of amides is 1. The predicted molar refractivity (Wildman–Crippen MR) is 104 cm³/mol. The molecule has 0 saturated heterocycles. The number of aromatic nitrogens is 1. The molecule has 1 N–H and O–H groups in total. The lowest BCUT2D eigenvalue weighted by Gasteiger charge is -2.05. The van der Waals surface area contributed by atoms with Crippen LogP contribution >= 0.6 is 0 Å². The van der Waals surface area contributed by atoms with Crippen LogP contribution in [0.1, 0.15) is 16.7 Å². The first-order chi connectivity index (χ1) is 13.1. The molecule has 1 amide bonds. The van der Waals surface area contributed by atoms with Gasteiger partial charge in [0, 0.05) is 36.3 Å². The highest BCUT2D eigenvalue weighted by molar-refractivity contribution is 6.01. The molecule has 2 aromatic carbocycles. The van der Waals surface area contributed by atoms with E-state index in [1.165, 1.54) is 23.8 Å². The molecule has 0 saturated carbocycles. The molecule has 3 rings (SSSR count). The van der Waals surface area contributed by atoms with Crippen molar-refractivity contribution in [2.75, 3.05) is 5.32 Å². The van der Waals surface area contributed by atoms with Gasteiger partial charge in [-0.15, -0.1) is 0 Å². The Bertz CT molecular complexity index is 950. The van der Waals surface area contributed by atoms with E-state index in [-0.39, 0.29) is 11.6 Å². The molecule has 0 atom stereocenters. The molecular weight excluding hydrogens is 342 g/mol. The van der Waals surface area contributed by atoms with E-state index in [4.69, 9.17) is 0 Å². The molecule has 6 heteroatoms. The van der Waals surface area contributed by atoms with Crippen molar-refractivity contribution in [2.45, 2.75) is 6.42 Å². The van der Waals surface area contributed by atoms with Crippen molar-refractivity contribution in [3.63, 3.8) is 0 Å². The Morgan fingerprint density at radius 3 is 2.22 bits per heavy atom. The fourth-order valence-corrected chi connectivity index (χ4v) is 2.51. The number of hydrogen-bond acceptors (Lipinski definition) is 4. The summed E-state index contributed by atoms with van der Waals surface area (Å²) in [5.74, 6) is -0.268. The number of benzene rings is 2. The zero-order valence-corrected chi connectivity index (χ0v) is 14.4. The van der Waals surface area contributed by atoms with E-state index >= 15 is 0 Å². The zero-order valence-electron chi connectivity index (χ0n) is 14.4. The number of rotatable bonds is 6. The van der Waals surface area contributed by atoms with Gasteiger partial charge in [-0.3, -0.25) is 19.9 Å². The second kappa shape index (κ2) is 8.53. The molecule has 0 aliphatic heterocycles. The van der Waals surface area contributed by atoms with Crippen molar-refractivity contribution >= 4 is 23.4 Å². The van der Waals surface area contributed by atoms with Crippen molar-refractivity contribution in [3.8, 4) is 0 Å². The van der Waals surface area contributed by atoms with Gasteiger partial charge in [0.1, 0.15) is 0 Å². The largest absolute Gasteiger partial charge is 0.323 e. The number of pyridine rings is 1. The highest BCUT2D eigenvalue weighted by Gasteiger charge is 2.03. The van der Waals surface area contributed by atoms with Gasteiger partial charge in [-0.1, -0.05) is 12.1 Å². The van der Waals surface area contributed by atoms with Crippen molar-refractivity contribution in [2.24, 2.45) is 0 Å². The van der Waals surface area contributed by atoms with Crippen molar-refractivity contribution in [3.05, 3.63) is 106 Å². The Hall–Kier alpha value is -3.80. The van der Waals surface area contributed by atoms with Crippen LogP contribution < -0.4 is 5.32 Å². The van der Waals surface area contributed by atoms with E-state index in [9.17, 15) is 14.9 Å². The number of non-ortho nitro benzene ring substituents is 1. The topological polar surface area (TPSA) is 85.1 Å². The van der Waals surface area contributed by atoms with Crippen LogP contribution in [0.3, 0.4) is 0 Å². The standard InChI is InChI=1S/C21H17N3O3/c25-21(10-5-16-3-8-20(9-4-16)24(26)27)23-19-6-1-17(2-7-19)15-18-11-13-22-14-12-18/h1-14H,15H2,(H,23,25)/b10-5+. The van der Waals surface area contributed by atoms with Gasteiger partial charge >= 0.3 is 0 Å². The first-order valence-electron chi connectivity index (χ1n) is 8.31. The Labute approximate surface area is 156 Å². The van der Waals surface area contributed by atoms with E-state index in [1.54, 1.807) is 30.6 Å². The molecule has 0 radical (unpaired) electrons. The molecule has 134 valence electrons. The highest BCUT2D eigenvalue weighted by atomic mass is 16.6. The second-order valence-corrected chi connectivity index (χ2v) is 5.90. The van der Waals surface area contributed by atoms with Crippen LogP contribution in [0.2, 0.25) is 0 Å². The van der Waals surface area contributed by atoms with Crippen molar-refractivity contribution < 1.29 is 9.72 Å². The molecule has 1 heterocycles. The average Bonchev–Trinajstić information content (AvgIpc) is 2.69. The molecule has 0 aliphatic rings. The molecule has 0 unspecified atom stereocenters. The van der Waals surface area contributed by atoms with Crippen molar-refractivity contribution in [1.82, 2.24) is 4.98 Å². The quantitative estimate of drug-likeness (QED) is 0.405. The SMILES string of the molecule is O=C(/C=C/c1ccc([N+](=O)[O-])cc1)Nc1ccc(Cc2ccncc2)cc1. The minimum absolute atomic E-state index is 0.0171. The Balaban J connectivity index is 1.56. The van der Waals surface area contributed by atoms with Crippen LogP contribution in [0.25, 0.3) is 6.08 Å². The first kappa shape index (κ1) is 18.0. The second-order valence-electron chi connectivity index (χ2n) is 5.90. The lowest BCUT2D eigenvalue weighted by atomic mass is 10.1. The van der Waals surface area contributed by atoms with E-state index in [0.29, 0.717) is 11.3 Å². The summed E-state index contributed by atoms with van der Waals surface area (Å²) in [6.45, 7) is 0. The van der Waals surface area contributed by atoms with Gasteiger partial charge in [0.05, 0.1) is 4.92 Å². The monoisotopic (exact) mass is 359 g/mol. The normalized spacial score (nSPS) is 10.7. The zero-order chi connectivity index (χ0) is 19.1. The minimum atomic E-state index is -0.460. The lowest BCUT2D eigenvalue weighted by Crippen LogP contribution is -2.07. The Morgan fingerprint density at radius 1 is 0.963 bits per heavy atom. The summed E-state index contributed by atoms with van der Waals surface area (Å²) in [4.78, 5) is 26.2. The number of nitro benzene ring substituents is 1. The molecule has 1 aromatic heterocycles. The third kappa shape index (κ3) is 5.34. The van der Waals surface area contributed by atoms with Crippen molar-refractivity contribution in [1.29, 1.82) is 0 Å². The van der Waals surface area contributed by atoms with Crippen LogP contribution in [0.5, 0.6) is 0 Å². The summed E-state index contributed by atoms with van der Waals surface area (Å²) < 4.78 is 0. The summed E-state index contributed by atoms with van der Waals surface area (Å²) >= 11 is 0. The van der Waals surface area contributed by atoms with Crippen LogP contribution in [0.4, 0.5) is 11.4 Å². The first-order valence-corrected chi connectivity index (χ1v) is 8.31. The number of carbonyl (C=O) groups excluding carboxylic acids is 1. The van der Waals surface area contributed by atoms with Crippen LogP contribution in [-0.2, 0) is 11.2 Å². The number of anilines is 1. The fourth-order valence-electron chi connectivity index (χ4n) is 2.51. The fraction of sp³-hybridized carbons (Fsp3) is 0.0476. The summed E-state index contributed by atoms with van der Waals surface area (Å²) in [6.07, 6.45) is 7.34. The van der Waals surface area contributed by atoms with Gasteiger partial charge in [0.2, 0.25) is 5.91 Å². The molecule has 0 aliphatic carbocycles. The van der Waals surface area contributed by atoms with Crippen LogP contribution in [-0.4, -0.2) is 15.8 Å². The summed E-state index contributed by atoms with van der Waals surface area (Å²) in [5, 5.41) is 13.4. The summed E-state index contributed by atoms with van der Waals surface area (Å²) in [5.41, 5.74) is 3.74. The van der Waals surface area contributed by atoms with Gasteiger partial charge in [-0.05, 0) is 65.6 Å². The minimum Gasteiger partial charge on any atom is -0.323 e. The van der Waals surface area contributed by atoms with Gasteiger partial charge in [0.25, 0.3) is 5.69 Å². The van der Waals surface area contributed by atoms with E-state index < -0.39 is 4.92 Å². The molecular formula is C21H17N3O3. The van der Waals surface area contributed by atoms with E-state index in [1.807, 2.05) is 36.4 Å². The smallest absolute Gasteiger partial charge is 0.269 e. The van der Waals surface area contributed by atoms with E-state index in [2.05, 4.69) is 10.3 Å². The van der Waals surface area contributed by atoms with Gasteiger partial charge < -0.3 is 5.32 Å². The summed E-state index contributed by atoms with van der Waals surface area (Å²) in [6, 6.07) is 17.6. The van der Waals surface area contributed by atoms with Gasteiger partial charge in [-0.2, -0.15) is 0 Å². The number of hydrogen-bond donors (Lipinski definition) is 1. The molecule has 6 nitrogen and oxygen atoms in total. The maximum Gasteiger partial charge on any atom is 0.269 e. The van der Waals surface area contributed by atoms with Gasteiger partial charge in [-0.25, -0.2) is 0 Å². The third-order valence-corrected chi connectivity index (χ3v) is 3.91. The maximum absolute atomic E-state index is 12.0. The number of carbonyl (C=O) groups is 1. The highest BCUT2D eigenvalue weighted by Crippen LogP contribution is 2.15. The van der Waals surface area contributed by atoms with Crippen LogP contribution in [0.15, 0.2) is 79.1 Å². The molecule has 0 fully saturated rings.